The van der Waals surface area contributed by atoms with Gasteiger partial charge in [0.25, 0.3) is 5.91 Å². The van der Waals surface area contributed by atoms with Crippen molar-refractivity contribution in [2.24, 2.45) is 0 Å². The molecule has 1 aromatic heterocycles. The summed E-state index contributed by atoms with van der Waals surface area (Å²) in [6, 6.07) is 7.28. The maximum atomic E-state index is 12.7. The Morgan fingerprint density at radius 3 is 2.50 bits per heavy atom. The maximum Gasteiger partial charge on any atom is 0.253 e. The van der Waals surface area contributed by atoms with E-state index in [1.54, 1.807) is 6.08 Å². The summed E-state index contributed by atoms with van der Waals surface area (Å²) in [5.41, 5.74) is 2.79. The van der Waals surface area contributed by atoms with Crippen molar-refractivity contribution in [2.45, 2.75) is 20.4 Å². The van der Waals surface area contributed by atoms with Gasteiger partial charge in [0, 0.05) is 43.9 Å². The Morgan fingerprint density at radius 1 is 1.23 bits per heavy atom. The molecule has 0 unspecified atom stereocenters. The Morgan fingerprint density at radius 2 is 1.92 bits per heavy atom. The van der Waals surface area contributed by atoms with Crippen molar-refractivity contribution in [1.29, 1.82) is 0 Å². The first-order valence-electron chi connectivity index (χ1n) is 8.85. The molecule has 138 valence electrons. The number of rotatable bonds is 6. The summed E-state index contributed by atoms with van der Waals surface area (Å²) in [7, 11) is 0. The number of carbonyl (C=O) groups excluding carboxylic acids is 1. The fourth-order valence-electron chi connectivity index (χ4n) is 3.09. The van der Waals surface area contributed by atoms with Crippen molar-refractivity contribution in [1.82, 2.24) is 15.0 Å². The summed E-state index contributed by atoms with van der Waals surface area (Å²) in [5, 5.41) is 4.01. The Balaban J connectivity index is 1.54. The minimum Gasteiger partial charge on any atom is -0.490 e. The summed E-state index contributed by atoms with van der Waals surface area (Å²) in [6.07, 6.45) is 1.70. The van der Waals surface area contributed by atoms with E-state index in [2.05, 4.69) is 16.6 Å². The highest BCUT2D eigenvalue weighted by Crippen LogP contribution is 2.18. The molecule has 0 radical (unpaired) electrons. The smallest absolute Gasteiger partial charge is 0.253 e. The van der Waals surface area contributed by atoms with Crippen LogP contribution >= 0.6 is 0 Å². The Kier molecular flexibility index (Phi) is 5.73. The minimum absolute atomic E-state index is 0.0669. The predicted molar refractivity (Wildman–Crippen MR) is 99.3 cm³/mol. The van der Waals surface area contributed by atoms with Crippen LogP contribution in [0.1, 0.15) is 27.4 Å². The molecule has 1 fully saturated rings. The number of amides is 1. The number of aromatic nitrogens is 1. The molecular weight excluding hydrogens is 330 g/mol. The second kappa shape index (κ2) is 8.19. The van der Waals surface area contributed by atoms with E-state index in [9.17, 15) is 4.79 Å². The SMILES string of the molecule is C=CCOc1ccc(C(=O)N2CCN(Cc3c(C)noc3C)CC2)cc1. The van der Waals surface area contributed by atoms with Crippen LogP contribution in [0.3, 0.4) is 0 Å². The van der Waals surface area contributed by atoms with Crippen LogP contribution in [0.4, 0.5) is 0 Å². The maximum absolute atomic E-state index is 12.7. The average molecular weight is 355 g/mol. The molecule has 1 saturated heterocycles. The summed E-state index contributed by atoms with van der Waals surface area (Å²) < 4.78 is 10.7. The zero-order chi connectivity index (χ0) is 18.5. The van der Waals surface area contributed by atoms with E-state index in [0.29, 0.717) is 12.2 Å². The largest absolute Gasteiger partial charge is 0.490 e. The molecule has 1 amide bonds. The van der Waals surface area contributed by atoms with Gasteiger partial charge in [0.15, 0.2) is 0 Å². The lowest BCUT2D eigenvalue weighted by molar-refractivity contribution is 0.0627. The van der Waals surface area contributed by atoms with Crippen LogP contribution < -0.4 is 4.74 Å². The topological polar surface area (TPSA) is 58.8 Å². The van der Waals surface area contributed by atoms with E-state index in [4.69, 9.17) is 9.26 Å². The summed E-state index contributed by atoms with van der Waals surface area (Å²) in [6.45, 7) is 11.9. The van der Waals surface area contributed by atoms with Crippen LogP contribution in [-0.4, -0.2) is 53.6 Å². The van der Waals surface area contributed by atoms with Gasteiger partial charge in [-0.1, -0.05) is 17.8 Å². The summed E-state index contributed by atoms with van der Waals surface area (Å²) >= 11 is 0. The first-order chi connectivity index (χ1) is 12.6. The van der Waals surface area contributed by atoms with Gasteiger partial charge in [-0.25, -0.2) is 0 Å². The van der Waals surface area contributed by atoms with Crippen molar-refractivity contribution in [3.63, 3.8) is 0 Å². The van der Waals surface area contributed by atoms with Crippen molar-refractivity contribution >= 4 is 5.91 Å². The van der Waals surface area contributed by atoms with Crippen molar-refractivity contribution in [3.05, 3.63) is 59.5 Å². The lowest BCUT2D eigenvalue weighted by Gasteiger charge is -2.34. The molecular formula is C20H25N3O3. The average Bonchev–Trinajstić information content (AvgIpc) is 2.99. The number of nitrogens with zero attached hydrogens (tertiary/aromatic N) is 3. The minimum atomic E-state index is 0.0669. The molecule has 0 aliphatic carbocycles. The van der Waals surface area contributed by atoms with Gasteiger partial charge in [-0.05, 0) is 38.1 Å². The normalized spacial score (nSPS) is 15.1. The van der Waals surface area contributed by atoms with Crippen molar-refractivity contribution in [2.75, 3.05) is 32.8 Å². The Hall–Kier alpha value is -2.60. The molecule has 0 atom stereocenters. The molecule has 1 aliphatic rings. The highest BCUT2D eigenvalue weighted by molar-refractivity contribution is 5.94. The molecule has 0 saturated carbocycles. The molecule has 6 nitrogen and oxygen atoms in total. The summed E-state index contributed by atoms with van der Waals surface area (Å²) in [5.74, 6) is 1.68. The van der Waals surface area contributed by atoms with Gasteiger partial charge in [0.1, 0.15) is 18.1 Å². The van der Waals surface area contributed by atoms with Crippen LogP contribution in [0.5, 0.6) is 5.75 Å². The molecule has 2 heterocycles. The van der Waals surface area contributed by atoms with Gasteiger partial charge < -0.3 is 14.2 Å². The second-order valence-corrected chi connectivity index (χ2v) is 6.50. The van der Waals surface area contributed by atoms with E-state index >= 15 is 0 Å². The third kappa shape index (κ3) is 4.14. The number of ether oxygens (including phenoxy) is 1. The van der Waals surface area contributed by atoms with Crippen LogP contribution in [-0.2, 0) is 6.54 Å². The number of aryl methyl sites for hydroxylation is 2. The lowest BCUT2D eigenvalue weighted by atomic mass is 10.1. The predicted octanol–water partition coefficient (Wildman–Crippen LogP) is 2.81. The van der Waals surface area contributed by atoms with Gasteiger partial charge in [-0.3, -0.25) is 9.69 Å². The fraction of sp³-hybridized carbons (Fsp3) is 0.400. The number of carbonyl (C=O) groups is 1. The molecule has 2 aromatic rings. The van der Waals surface area contributed by atoms with Crippen LogP contribution in [0, 0.1) is 13.8 Å². The molecule has 0 spiro atoms. The van der Waals surface area contributed by atoms with Crippen LogP contribution in [0.2, 0.25) is 0 Å². The van der Waals surface area contributed by atoms with Gasteiger partial charge in [-0.2, -0.15) is 0 Å². The van der Waals surface area contributed by atoms with E-state index in [-0.39, 0.29) is 5.91 Å². The third-order valence-electron chi connectivity index (χ3n) is 4.69. The quantitative estimate of drug-likeness (QED) is 0.746. The van der Waals surface area contributed by atoms with Gasteiger partial charge in [0.05, 0.1) is 5.69 Å². The number of benzene rings is 1. The second-order valence-electron chi connectivity index (χ2n) is 6.50. The van der Waals surface area contributed by atoms with Crippen LogP contribution in [0.15, 0.2) is 41.4 Å². The van der Waals surface area contributed by atoms with Crippen LogP contribution in [0.25, 0.3) is 0 Å². The Labute approximate surface area is 154 Å². The molecule has 1 aromatic carbocycles. The highest BCUT2D eigenvalue weighted by Gasteiger charge is 2.23. The molecule has 0 N–H and O–H groups in total. The van der Waals surface area contributed by atoms with Crippen molar-refractivity contribution < 1.29 is 14.1 Å². The molecule has 1 aliphatic heterocycles. The monoisotopic (exact) mass is 355 g/mol. The van der Waals surface area contributed by atoms with E-state index < -0.39 is 0 Å². The highest BCUT2D eigenvalue weighted by atomic mass is 16.5. The zero-order valence-electron chi connectivity index (χ0n) is 15.4. The fourth-order valence-corrected chi connectivity index (χ4v) is 3.09. The first kappa shape index (κ1) is 18.2. The number of hydrogen-bond donors (Lipinski definition) is 0. The van der Waals surface area contributed by atoms with Crippen molar-refractivity contribution in [3.8, 4) is 5.75 Å². The summed E-state index contributed by atoms with van der Waals surface area (Å²) in [4.78, 5) is 16.9. The number of hydrogen-bond acceptors (Lipinski definition) is 5. The number of piperazine rings is 1. The van der Waals surface area contributed by atoms with Gasteiger partial charge in [-0.15, -0.1) is 0 Å². The van der Waals surface area contributed by atoms with Gasteiger partial charge >= 0.3 is 0 Å². The van der Waals surface area contributed by atoms with E-state index in [0.717, 1.165) is 55.5 Å². The third-order valence-corrected chi connectivity index (χ3v) is 4.69. The Bertz CT molecular complexity index is 740. The first-order valence-corrected chi connectivity index (χ1v) is 8.85. The van der Waals surface area contributed by atoms with E-state index in [1.165, 1.54) is 0 Å². The molecule has 3 rings (SSSR count). The van der Waals surface area contributed by atoms with Gasteiger partial charge in [0.2, 0.25) is 0 Å². The standard InChI is InChI=1S/C20H25N3O3/c1-4-13-25-18-7-5-17(6-8-18)20(24)23-11-9-22(10-12-23)14-19-15(2)21-26-16(19)3/h4-8H,1,9-14H2,2-3H3. The van der Waals surface area contributed by atoms with E-state index in [1.807, 2.05) is 43.0 Å². The molecule has 6 heteroatoms. The molecule has 0 bridgehead atoms. The lowest BCUT2D eigenvalue weighted by Crippen LogP contribution is -2.48. The molecule has 26 heavy (non-hydrogen) atoms. The zero-order valence-corrected chi connectivity index (χ0v) is 15.4.